The number of carbonyl (C=O) groups excluding carboxylic acids is 2. The number of nitrogens with one attached hydrogen (secondary N) is 1. The summed E-state index contributed by atoms with van der Waals surface area (Å²) in [6.45, 7) is 6.54. The number of hydrogen-bond acceptors (Lipinski definition) is 3. The van der Waals surface area contributed by atoms with Gasteiger partial charge in [-0.25, -0.2) is 4.99 Å². The summed E-state index contributed by atoms with van der Waals surface area (Å²) in [7, 11) is 0. The van der Waals surface area contributed by atoms with E-state index >= 15 is 0 Å². The lowest BCUT2D eigenvalue weighted by Crippen LogP contribution is -2.53. The molecule has 0 saturated carbocycles. The van der Waals surface area contributed by atoms with Gasteiger partial charge in [0, 0.05) is 31.7 Å². The van der Waals surface area contributed by atoms with Crippen molar-refractivity contribution in [3.63, 3.8) is 0 Å². The predicted octanol–water partition coefficient (Wildman–Crippen LogP) is 2.75. The fourth-order valence-electron chi connectivity index (χ4n) is 3.09. The lowest BCUT2D eigenvalue weighted by Gasteiger charge is -2.34. The summed E-state index contributed by atoms with van der Waals surface area (Å²) in [6, 6.07) is 15.4. The lowest BCUT2D eigenvalue weighted by molar-refractivity contribution is -0.119. The van der Waals surface area contributed by atoms with Crippen molar-refractivity contribution in [1.82, 2.24) is 15.1 Å². The van der Waals surface area contributed by atoms with Crippen LogP contribution in [0.3, 0.4) is 0 Å². The Bertz CT molecular complexity index is 853. The first-order chi connectivity index (χ1) is 13.6. The van der Waals surface area contributed by atoms with E-state index < -0.39 is 0 Å². The highest BCUT2D eigenvalue weighted by Gasteiger charge is 2.21. The summed E-state index contributed by atoms with van der Waals surface area (Å²) in [6.07, 6.45) is 1.80. The summed E-state index contributed by atoms with van der Waals surface area (Å²) in [4.78, 5) is 32.3. The molecule has 0 radical (unpaired) electrons. The number of nitrogens with zero attached hydrogens (tertiary/aromatic N) is 3. The highest BCUT2D eigenvalue weighted by atomic mass is 16.2. The third-order valence-electron chi connectivity index (χ3n) is 4.95. The van der Waals surface area contributed by atoms with E-state index in [0.29, 0.717) is 37.7 Å². The molecule has 0 aromatic heterocycles. The molecule has 1 heterocycles. The molecule has 2 aromatic rings. The molecule has 2 aromatic carbocycles. The van der Waals surface area contributed by atoms with Crippen LogP contribution in [0.1, 0.15) is 28.4 Å². The molecule has 6 heteroatoms. The van der Waals surface area contributed by atoms with Gasteiger partial charge in [0.25, 0.3) is 5.91 Å². The van der Waals surface area contributed by atoms with Gasteiger partial charge in [-0.15, -0.1) is 0 Å². The number of guanidine groups is 1. The van der Waals surface area contributed by atoms with Crippen LogP contribution in [-0.2, 0) is 11.2 Å². The quantitative estimate of drug-likeness (QED) is 0.505. The normalized spacial score (nSPS) is 14.7. The molecule has 0 spiro atoms. The van der Waals surface area contributed by atoms with Crippen LogP contribution in [-0.4, -0.2) is 54.3 Å². The number of rotatable bonds is 4. The Kier molecular flexibility index (Phi) is 6.42. The molecule has 0 bridgehead atoms. The Morgan fingerprint density at radius 1 is 1.07 bits per heavy atom. The van der Waals surface area contributed by atoms with Crippen molar-refractivity contribution in [2.24, 2.45) is 4.99 Å². The Balaban J connectivity index is 1.84. The molecule has 1 aliphatic heterocycles. The molecule has 1 N–H and O–H groups in total. The largest absolute Gasteiger partial charge is 0.342 e. The third kappa shape index (κ3) is 4.76. The summed E-state index contributed by atoms with van der Waals surface area (Å²) in [5.41, 5.74) is 3.64. The molecule has 1 aliphatic rings. The average Bonchev–Trinajstić information content (AvgIpc) is 2.75. The average molecular weight is 378 g/mol. The first kappa shape index (κ1) is 19.6. The zero-order valence-corrected chi connectivity index (χ0v) is 16.4. The van der Waals surface area contributed by atoms with Crippen LogP contribution in [0.15, 0.2) is 53.5 Å². The number of aliphatic imine (C=N–C) groups is 1. The third-order valence-corrected chi connectivity index (χ3v) is 4.95. The van der Waals surface area contributed by atoms with Gasteiger partial charge >= 0.3 is 0 Å². The van der Waals surface area contributed by atoms with Gasteiger partial charge in [-0.3, -0.25) is 14.9 Å². The molecular weight excluding hydrogens is 352 g/mol. The van der Waals surface area contributed by atoms with Gasteiger partial charge in [0.1, 0.15) is 0 Å². The van der Waals surface area contributed by atoms with Crippen LogP contribution in [0.25, 0.3) is 0 Å². The van der Waals surface area contributed by atoms with E-state index in [2.05, 4.69) is 12.2 Å². The minimum Gasteiger partial charge on any atom is -0.342 e. The Morgan fingerprint density at radius 2 is 1.75 bits per heavy atom. The van der Waals surface area contributed by atoms with Crippen LogP contribution in [0, 0.1) is 6.92 Å². The molecule has 146 valence electrons. The molecule has 0 atom stereocenters. The van der Waals surface area contributed by atoms with Crippen molar-refractivity contribution in [2.45, 2.75) is 20.3 Å². The predicted molar refractivity (Wildman–Crippen MR) is 111 cm³/mol. The van der Waals surface area contributed by atoms with E-state index in [-0.39, 0.29) is 5.91 Å². The second-order valence-corrected chi connectivity index (χ2v) is 6.85. The molecule has 0 aliphatic carbocycles. The molecule has 1 saturated heterocycles. The van der Waals surface area contributed by atoms with Crippen LogP contribution in [0.4, 0.5) is 5.69 Å². The summed E-state index contributed by atoms with van der Waals surface area (Å²) >= 11 is 0. The minimum atomic E-state index is -0.187. The molecule has 0 unspecified atom stereocenters. The maximum absolute atomic E-state index is 12.8. The standard InChI is InChI=1S/C22H26N4O2/c1-3-18-8-10-19(11-9-18)21(28)24-22(23-20-7-5-4-6-17(20)2)26-14-12-25(16-27)13-15-26/h4-11,16H,3,12-15H2,1-2H3,(H,23,24,28). The van der Waals surface area contributed by atoms with Crippen molar-refractivity contribution >= 4 is 24.0 Å². The number of amides is 2. The zero-order chi connectivity index (χ0) is 19.9. The lowest BCUT2D eigenvalue weighted by atomic mass is 10.1. The van der Waals surface area contributed by atoms with Gasteiger partial charge in [0.2, 0.25) is 12.4 Å². The van der Waals surface area contributed by atoms with Gasteiger partial charge in [-0.05, 0) is 42.7 Å². The highest BCUT2D eigenvalue weighted by Crippen LogP contribution is 2.18. The second-order valence-electron chi connectivity index (χ2n) is 6.85. The Hall–Kier alpha value is -3.15. The first-order valence-electron chi connectivity index (χ1n) is 9.59. The summed E-state index contributed by atoms with van der Waals surface area (Å²) < 4.78 is 0. The van der Waals surface area contributed by atoms with Crippen molar-refractivity contribution in [3.8, 4) is 0 Å². The number of benzene rings is 2. The van der Waals surface area contributed by atoms with Gasteiger partial charge < -0.3 is 9.80 Å². The number of aryl methyl sites for hydroxylation is 2. The van der Waals surface area contributed by atoms with Gasteiger partial charge in [0.05, 0.1) is 5.69 Å². The van der Waals surface area contributed by atoms with Crippen molar-refractivity contribution in [2.75, 3.05) is 26.2 Å². The number of hydrogen-bond donors (Lipinski definition) is 1. The van der Waals surface area contributed by atoms with Crippen molar-refractivity contribution in [3.05, 3.63) is 65.2 Å². The van der Waals surface area contributed by atoms with Gasteiger partial charge in [-0.2, -0.15) is 0 Å². The fraction of sp³-hybridized carbons (Fsp3) is 0.318. The number of carbonyl (C=O) groups is 2. The highest BCUT2D eigenvalue weighted by molar-refractivity contribution is 6.06. The number of piperazine rings is 1. The summed E-state index contributed by atoms with van der Waals surface area (Å²) in [5, 5.41) is 2.98. The van der Waals surface area contributed by atoms with Crippen molar-refractivity contribution in [1.29, 1.82) is 0 Å². The zero-order valence-electron chi connectivity index (χ0n) is 16.4. The minimum absolute atomic E-state index is 0.187. The van der Waals surface area contributed by atoms with Crippen LogP contribution >= 0.6 is 0 Å². The molecule has 28 heavy (non-hydrogen) atoms. The topological polar surface area (TPSA) is 65.0 Å². The van der Waals surface area contributed by atoms with E-state index in [1.165, 1.54) is 5.56 Å². The second kappa shape index (κ2) is 9.17. The van der Waals surface area contributed by atoms with E-state index in [4.69, 9.17) is 4.99 Å². The van der Waals surface area contributed by atoms with Crippen molar-refractivity contribution < 1.29 is 9.59 Å². The van der Waals surface area contributed by atoms with Crippen LogP contribution in [0.5, 0.6) is 0 Å². The first-order valence-corrected chi connectivity index (χ1v) is 9.59. The molecule has 3 rings (SSSR count). The van der Waals surface area contributed by atoms with Gasteiger partial charge in [-0.1, -0.05) is 37.3 Å². The van der Waals surface area contributed by atoms with E-state index in [1.807, 2.05) is 60.4 Å². The Labute approximate surface area is 165 Å². The monoisotopic (exact) mass is 378 g/mol. The Morgan fingerprint density at radius 3 is 2.36 bits per heavy atom. The van der Waals surface area contributed by atoms with Crippen LogP contribution < -0.4 is 5.32 Å². The number of para-hydroxylation sites is 1. The van der Waals surface area contributed by atoms with Crippen LogP contribution in [0.2, 0.25) is 0 Å². The van der Waals surface area contributed by atoms with Gasteiger partial charge in [0.15, 0.2) is 0 Å². The van der Waals surface area contributed by atoms with E-state index in [0.717, 1.165) is 24.1 Å². The molecular formula is C22H26N4O2. The van der Waals surface area contributed by atoms with E-state index in [9.17, 15) is 9.59 Å². The maximum Gasteiger partial charge on any atom is 0.257 e. The SMILES string of the molecule is CCc1ccc(C(=O)NC(=Nc2ccccc2C)N2CCN(C=O)CC2)cc1. The molecule has 2 amide bonds. The molecule has 6 nitrogen and oxygen atoms in total. The molecule has 1 fully saturated rings. The van der Waals surface area contributed by atoms with E-state index in [1.54, 1.807) is 4.90 Å². The summed E-state index contributed by atoms with van der Waals surface area (Å²) in [5.74, 6) is 0.331. The smallest absolute Gasteiger partial charge is 0.257 e. The fourth-order valence-corrected chi connectivity index (χ4v) is 3.09. The maximum atomic E-state index is 12.8.